The van der Waals surface area contributed by atoms with Gasteiger partial charge in [0.2, 0.25) is 5.91 Å². The number of carbonyl (C=O) groups is 2. The van der Waals surface area contributed by atoms with E-state index in [4.69, 9.17) is 28.3 Å². The zero-order chi connectivity index (χ0) is 16.1. The number of carboxylic acids is 1. The van der Waals surface area contributed by atoms with Gasteiger partial charge in [0.1, 0.15) is 0 Å². The Balaban J connectivity index is 2.00. The summed E-state index contributed by atoms with van der Waals surface area (Å²) in [5.41, 5.74) is 0.667. The highest BCUT2D eigenvalue weighted by atomic mass is 35.5. The molecule has 2 rings (SSSR count). The first-order valence-electron chi connectivity index (χ1n) is 6.17. The van der Waals surface area contributed by atoms with Crippen LogP contribution in [-0.4, -0.2) is 22.7 Å². The molecule has 0 aliphatic rings. The van der Waals surface area contributed by atoms with Crippen LogP contribution < -0.4 is 5.32 Å². The average Bonchev–Trinajstić information content (AvgIpc) is 2.44. The van der Waals surface area contributed by atoms with E-state index in [0.29, 0.717) is 20.6 Å². The molecule has 2 N–H and O–H groups in total. The summed E-state index contributed by atoms with van der Waals surface area (Å²) in [6.45, 7) is 0. The maximum absolute atomic E-state index is 11.9. The van der Waals surface area contributed by atoms with Crippen molar-refractivity contribution in [2.75, 3.05) is 11.1 Å². The lowest BCUT2D eigenvalue weighted by atomic mass is 10.2. The maximum atomic E-state index is 11.9. The number of thioether (sulfide) groups is 1. The van der Waals surface area contributed by atoms with E-state index < -0.39 is 5.97 Å². The molecule has 114 valence electrons. The second-order valence-corrected chi connectivity index (χ2v) is 6.19. The smallest absolute Gasteiger partial charge is 0.336 e. The Morgan fingerprint density at radius 2 is 1.73 bits per heavy atom. The fourth-order valence-electron chi connectivity index (χ4n) is 1.74. The number of anilines is 1. The third-order valence-electron chi connectivity index (χ3n) is 2.62. The molecule has 4 nitrogen and oxygen atoms in total. The van der Waals surface area contributed by atoms with Gasteiger partial charge in [0.05, 0.1) is 11.3 Å². The minimum atomic E-state index is -1.02. The zero-order valence-corrected chi connectivity index (χ0v) is 13.5. The van der Waals surface area contributed by atoms with Gasteiger partial charge in [0.25, 0.3) is 0 Å². The number of hydrogen-bond donors (Lipinski definition) is 2. The topological polar surface area (TPSA) is 66.4 Å². The third kappa shape index (κ3) is 4.66. The lowest BCUT2D eigenvalue weighted by Crippen LogP contribution is -2.14. The Labute approximate surface area is 141 Å². The average molecular weight is 356 g/mol. The van der Waals surface area contributed by atoms with E-state index in [1.54, 1.807) is 36.4 Å². The summed E-state index contributed by atoms with van der Waals surface area (Å²) in [5, 5.41) is 12.6. The van der Waals surface area contributed by atoms with Crippen molar-refractivity contribution in [1.29, 1.82) is 0 Å². The summed E-state index contributed by atoms with van der Waals surface area (Å²) in [7, 11) is 0. The minimum absolute atomic E-state index is 0.0778. The second kappa shape index (κ2) is 7.54. The number of carboxylic acid groups (broad SMARTS) is 1. The predicted molar refractivity (Wildman–Crippen MR) is 89.2 cm³/mol. The Morgan fingerprint density at radius 3 is 2.36 bits per heavy atom. The van der Waals surface area contributed by atoms with Gasteiger partial charge in [-0.15, -0.1) is 11.8 Å². The van der Waals surface area contributed by atoms with Crippen LogP contribution in [0.15, 0.2) is 47.4 Å². The van der Waals surface area contributed by atoms with Crippen molar-refractivity contribution in [1.82, 2.24) is 0 Å². The van der Waals surface area contributed by atoms with Gasteiger partial charge in [0.15, 0.2) is 0 Å². The van der Waals surface area contributed by atoms with Crippen molar-refractivity contribution in [3.8, 4) is 0 Å². The molecule has 0 radical (unpaired) electrons. The van der Waals surface area contributed by atoms with Gasteiger partial charge in [0, 0.05) is 20.6 Å². The van der Waals surface area contributed by atoms with Crippen LogP contribution in [0.5, 0.6) is 0 Å². The molecule has 1 amide bonds. The van der Waals surface area contributed by atoms with Crippen LogP contribution in [-0.2, 0) is 4.79 Å². The highest BCUT2D eigenvalue weighted by molar-refractivity contribution is 8.00. The molecule has 0 aromatic heterocycles. The molecule has 7 heteroatoms. The summed E-state index contributed by atoms with van der Waals surface area (Å²) in [6, 6.07) is 11.3. The van der Waals surface area contributed by atoms with Crippen molar-refractivity contribution < 1.29 is 14.7 Å². The first-order valence-corrected chi connectivity index (χ1v) is 7.91. The number of aromatic carboxylic acids is 1. The minimum Gasteiger partial charge on any atom is -0.478 e. The molecule has 0 aliphatic carbocycles. The standard InChI is InChI=1S/C15H11Cl2NO3S/c16-9-5-10(17)7-11(6-9)18-14(19)8-22-13-4-2-1-3-12(13)15(20)21/h1-7H,8H2,(H,18,19)(H,20,21). The lowest BCUT2D eigenvalue weighted by Gasteiger charge is -2.08. The Morgan fingerprint density at radius 1 is 1.09 bits per heavy atom. The normalized spacial score (nSPS) is 10.3. The van der Waals surface area contributed by atoms with E-state index in [1.165, 1.54) is 6.07 Å². The number of benzene rings is 2. The summed E-state index contributed by atoms with van der Waals surface area (Å²) in [5.74, 6) is -1.22. The van der Waals surface area contributed by atoms with E-state index in [0.717, 1.165) is 11.8 Å². The Kier molecular flexibility index (Phi) is 5.71. The monoisotopic (exact) mass is 355 g/mol. The van der Waals surface area contributed by atoms with E-state index in [9.17, 15) is 9.59 Å². The molecule has 2 aromatic rings. The summed E-state index contributed by atoms with van der Waals surface area (Å²) in [4.78, 5) is 23.5. The molecule has 0 aliphatic heterocycles. The van der Waals surface area contributed by atoms with Crippen molar-refractivity contribution >= 4 is 52.5 Å². The zero-order valence-electron chi connectivity index (χ0n) is 11.2. The Hall–Kier alpha value is -1.69. The molecular weight excluding hydrogens is 345 g/mol. The van der Waals surface area contributed by atoms with Crippen LogP contribution in [0.4, 0.5) is 5.69 Å². The fraction of sp³-hybridized carbons (Fsp3) is 0.0667. The van der Waals surface area contributed by atoms with Crippen molar-refractivity contribution in [2.45, 2.75) is 4.90 Å². The number of nitrogens with one attached hydrogen (secondary N) is 1. The molecule has 2 aromatic carbocycles. The summed E-state index contributed by atoms with van der Waals surface area (Å²) < 4.78 is 0. The van der Waals surface area contributed by atoms with Crippen molar-refractivity contribution in [3.63, 3.8) is 0 Å². The van der Waals surface area contributed by atoms with Crippen molar-refractivity contribution in [2.24, 2.45) is 0 Å². The molecular formula is C15H11Cl2NO3S. The molecule has 0 spiro atoms. The van der Waals surface area contributed by atoms with E-state index in [1.807, 2.05) is 0 Å². The summed E-state index contributed by atoms with van der Waals surface area (Å²) >= 11 is 12.9. The molecule has 0 bridgehead atoms. The quantitative estimate of drug-likeness (QED) is 0.779. The first-order chi connectivity index (χ1) is 10.5. The fourth-order valence-corrected chi connectivity index (χ4v) is 3.11. The van der Waals surface area contributed by atoms with Crippen LogP contribution >= 0.6 is 35.0 Å². The lowest BCUT2D eigenvalue weighted by molar-refractivity contribution is -0.113. The van der Waals surface area contributed by atoms with Crippen LogP contribution in [0.2, 0.25) is 10.0 Å². The molecule has 0 atom stereocenters. The van der Waals surface area contributed by atoms with E-state index in [2.05, 4.69) is 5.32 Å². The second-order valence-electron chi connectivity index (χ2n) is 4.30. The van der Waals surface area contributed by atoms with Gasteiger partial charge in [-0.25, -0.2) is 4.79 Å². The molecule has 0 saturated carbocycles. The predicted octanol–water partition coefficient (Wildman–Crippen LogP) is 4.42. The number of rotatable bonds is 5. The van der Waals surface area contributed by atoms with Crippen LogP contribution in [0.3, 0.4) is 0 Å². The number of halogens is 2. The Bertz CT molecular complexity index is 701. The van der Waals surface area contributed by atoms with E-state index in [-0.39, 0.29) is 17.2 Å². The van der Waals surface area contributed by atoms with Gasteiger partial charge in [-0.2, -0.15) is 0 Å². The van der Waals surface area contributed by atoms with Crippen molar-refractivity contribution in [3.05, 3.63) is 58.1 Å². The largest absolute Gasteiger partial charge is 0.478 e. The molecule has 0 saturated heterocycles. The maximum Gasteiger partial charge on any atom is 0.336 e. The van der Waals surface area contributed by atoms with Crippen LogP contribution in [0.25, 0.3) is 0 Å². The number of hydrogen-bond acceptors (Lipinski definition) is 3. The first kappa shape index (κ1) is 16.7. The molecule has 22 heavy (non-hydrogen) atoms. The highest BCUT2D eigenvalue weighted by Gasteiger charge is 2.11. The van der Waals surface area contributed by atoms with Gasteiger partial charge in [-0.05, 0) is 30.3 Å². The SMILES string of the molecule is O=C(CSc1ccccc1C(=O)O)Nc1cc(Cl)cc(Cl)c1. The third-order valence-corrected chi connectivity index (χ3v) is 4.13. The summed E-state index contributed by atoms with van der Waals surface area (Å²) in [6.07, 6.45) is 0. The van der Waals surface area contributed by atoms with Gasteiger partial charge in [-0.3, -0.25) is 4.79 Å². The van der Waals surface area contributed by atoms with Crippen LogP contribution in [0.1, 0.15) is 10.4 Å². The van der Waals surface area contributed by atoms with Crippen LogP contribution in [0, 0.1) is 0 Å². The van der Waals surface area contributed by atoms with Gasteiger partial charge >= 0.3 is 5.97 Å². The molecule has 0 heterocycles. The molecule has 0 unspecified atom stereocenters. The van der Waals surface area contributed by atoms with Gasteiger partial charge < -0.3 is 10.4 Å². The number of carbonyl (C=O) groups excluding carboxylic acids is 1. The molecule has 0 fully saturated rings. The number of amides is 1. The van der Waals surface area contributed by atoms with Gasteiger partial charge in [-0.1, -0.05) is 35.3 Å². The van der Waals surface area contributed by atoms with E-state index >= 15 is 0 Å². The highest BCUT2D eigenvalue weighted by Crippen LogP contribution is 2.25.